The molecule has 0 spiro atoms. The van der Waals surface area contributed by atoms with Gasteiger partial charge in [0.2, 0.25) is 0 Å². The Labute approximate surface area is 222 Å². The summed E-state index contributed by atoms with van der Waals surface area (Å²) in [5, 5.41) is 9.77. The topological polar surface area (TPSA) is 88.5 Å². The van der Waals surface area contributed by atoms with Crippen LogP contribution < -0.4 is 10.5 Å². The lowest BCUT2D eigenvalue weighted by molar-refractivity contribution is -0.111. The molecule has 0 aliphatic carbocycles. The molecule has 5 rings (SSSR count). The Morgan fingerprint density at radius 1 is 1.16 bits per heavy atom. The van der Waals surface area contributed by atoms with Gasteiger partial charge < -0.3 is 10.5 Å². The molecule has 0 saturated carbocycles. The van der Waals surface area contributed by atoms with Gasteiger partial charge in [-0.1, -0.05) is 49.6 Å². The van der Waals surface area contributed by atoms with Crippen LogP contribution in [0.25, 0.3) is 5.57 Å². The van der Waals surface area contributed by atoms with Crippen LogP contribution in [0.1, 0.15) is 45.9 Å². The summed E-state index contributed by atoms with van der Waals surface area (Å²) in [6.07, 6.45) is 5.05. The Hall–Kier alpha value is -4.79. The average molecular weight is 498 g/mol. The van der Waals surface area contributed by atoms with Crippen molar-refractivity contribution >= 4 is 17.6 Å². The molecule has 0 aromatic heterocycles. The molecule has 3 aromatic carbocycles. The summed E-state index contributed by atoms with van der Waals surface area (Å²) in [5.41, 5.74) is 14.4. The fraction of sp³-hybridized carbons (Fsp3) is 0.121. The van der Waals surface area contributed by atoms with Crippen LogP contribution in [0.3, 0.4) is 0 Å². The van der Waals surface area contributed by atoms with Gasteiger partial charge in [0, 0.05) is 18.0 Å². The summed E-state index contributed by atoms with van der Waals surface area (Å²) in [4.78, 5) is 17.2. The highest BCUT2D eigenvalue weighted by Crippen LogP contribution is 2.42. The number of nitrogens with two attached hydrogens (primary N) is 1. The van der Waals surface area contributed by atoms with Crippen LogP contribution in [0.15, 0.2) is 108 Å². The number of ketones is 1. The minimum absolute atomic E-state index is 0.152. The van der Waals surface area contributed by atoms with Crippen molar-refractivity contribution in [3.8, 4) is 11.8 Å². The van der Waals surface area contributed by atoms with Crippen molar-refractivity contribution < 1.29 is 9.53 Å². The largest absolute Gasteiger partial charge is 0.488 e. The molecule has 6 bridgehead atoms. The van der Waals surface area contributed by atoms with Gasteiger partial charge >= 0.3 is 0 Å². The van der Waals surface area contributed by atoms with Crippen molar-refractivity contribution in [3.63, 3.8) is 0 Å². The third-order valence-electron chi connectivity index (χ3n) is 7.07. The molecular formula is C33H27N3O2. The zero-order chi connectivity index (χ0) is 27.0. The first-order chi connectivity index (χ1) is 18.2. The molecule has 0 saturated heterocycles. The van der Waals surface area contributed by atoms with Crippen molar-refractivity contribution in [3.05, 3.63) is 142 Å². The van der Waals surface area contributed by atoms with Gasteiger partial charge in [-0.25, -0.2) is 0 Å². The maximum atomic E-state index is 12.9. The van der Waals surface area contributed by atoms with Gasteiger partial charge in [0.25, 0.3) is 0 Å². The highest BCUT2D eigenvalue weighted by atomic mass is 16.5. The van der Waals surface area contributed by atoms with Gasteiger partial charge in [-0.05, 0) is 94.3 Å². The van der Waals surface area contributed by atoms with Crippen LogP contribution in [0.5, 0.6) is 5.75 Å². The Bertz CT molecular complexity index is 1670. The predicted molar refractivity (Wildman–Crippen MR) is 151 cm³/mol. The van der Waals surface area contributed by atoms with E-state index in [-0.39, 0.29) is 12.4 Å². The third-order valence-corrected chi connectivity index (χ3v) is 7.07. The van der Waals surface area contributed by atoms with Gasteiger partial charge in [-0.2, -0.15) is 5.26 Å². The zero-order valence-electron chi connectivity index (χ0n) is 21.4. The normalized spacial score (nSPS) is 18.9. The molecule has 38 heavy (non-hydrogen) atoms. The highest BCUT2D eigenvalue weighted by molar-refractivity contribution is 6.09. The Morgan fingerprint density at radius 2 is 1.92 bits per heavy atom. The number of aryl methyl sites for hydroxylation is 1. The standard InChI is InChI=1S/C33H27N3O2/c1-20(2)31(37)15-29-24-7-5-6-23(12-24)19-38-32-14-27(11-9-25(32)16-34)33(35,30-18-36-17-22(30)4)26-10-8-21(3)28(29)13-26/h5-15,17-18H,1,4,19,35H2,2-3H3/b29-15-/t33-/m0/s1. The first-order valence-electron chi connectivity index (χ1n) is 12.2. The molecule has 0 fully saturated rings. The van der Waals surface area contributed by atoms with Crippen molar-refractivity contribution in [1.29, 1.82) is 5.26 Å². The molecule has 0 amide bonds. The van der Waals surface area contributed by atoms with Gasteiger partial charge in [0.1, 0.15) is 18.4 Å². The number of carbonyl (C=O) groups excluding carboxylic acids is 1. The number of carbonyl (C=O) groups is 1. The van der Waals surface area contributed by atoms with Crippen LogP contribution in [0.2, 0.25) is 0 Å². The first-order valence-corrected chi connectivity index (χ1v) is 12.2. The first kappa shape index (κ1) is 24.9. The molecule has 2 N–H and O–H groups in total. The lowest BCUT2D eigenvalue weighted by Gasteiger charge is -2.33. The monoisotopic (exact) mass is 497 g/mol. The number of allylic oxidation sites excluding steroid dienone is 2. The number of hydrogen-bond acceptors (Lipinski definition) is 5. The maximum absolute atomic E-state index is 12.9. The summed E-state index contributed by atoms with van der Waals surface area (Å²) in [6, 6.07) is 21.5. The molecule has 2 aliphatic rings. The SMILES string of the molecule is C=C(C)C(=O)/C=C1/c2cccc(c2)COc2cc(ccc2C#N)[C@](N)(C2=CN=CC2=C)c2ccc(C)c1c2. The van der Waals surface area contributed by atoms with E-state index in [1.165, 1.54) is 0 Å². The maximum Gasteiger partial charge on any atom is 0.181 e. The lowest BCUT2D eigenvalue weighted by atomic mass is 9.74. The second-order valence-electron chi connectivity index (χ2n) is 9.70. The van der Waals surface area contributed by atoms with E-state index in [9.17, 15) is 10.1 Å². The molecule has 1 atom stereocenters. The molecule has 0 unspecified atom stereocenters. The van der Waals surface area contributed by atoms with Crippen molar-refractivity contribution in [2.24, 2.45) is 10.7 Å². The van der Waals surface area contributed by atoms with E-state index in [4.69, 9.17) is 10.5 Å². The number of nitrogens with zero attached hydrogens (tertiary/aromatic N) is 2. The lowest BCUT2D eigenvalue weighted by Crippen LogP contribution is -2.40. The quantitative estimate of drug-likeness (QED) is 0.445. The summed E-state index contributed by atoms with van der Waals surface area (Å²) < 4.78 is 6.19. The zero-order valence-corrected chi connectivity index (χ0v) is 21.4. The van der Waals surface area contributed by atoms with Crippen molar-refractivity contribution in [2.45, 2.75) is 26.0 Å². The van der Waals surface area contributed by atoms with Crippen LogP contribution in [0, 0.1) is 18.3 Å². The third kappa shape index (κ3) is 4.21. The number of hydrogen-bond donors (Lipinski definition) is 1. The van der Waals surface area contributed by atoms with E-state index in [1.54, 1.807) is 31.5 Å². The van der Waals surface area contributed by atoms with Crippen LogP contribution >= 0.6 is 0 Å². The van der Waals surface area contributed by atoms with Gasteiger partial charge in [0.05, 0.1) is 11.1 Å². The molecule has 2 heterocycles. The molecular weight excluding hydrogens is 470 g/mol. The summed E-state index contributed by atoms with van der Waals surface area (Å²) in [5.74, 6) is 0.288. The van der Waals surface area contributed by atoms with E-state index in [0.29, 0.717) is 22.5 Å². The second kappa shape index (κ2) is 9.59. The minimum Gasteiger partial charge on any atom is -0.488 e. The van der Waals surface area contributed by atoms with Gasteiger partial charge in [-0.15, -0.1) is 0 Å². The number of rotatable bonds is 3. The molecule has 0 radical (unpaired) electrons. The Morgan fingerprint density at radius 3 is 2.63 bits per heavy atom. The van der Waals surface area contributed by atoms with E-state index < -0.39 is 5.54 Å². The molecule has 3 aromatic rings. The van der Waals surface area contributed by atoms with Crippen LogP contribution in [0.4, 0.5) is 0 Å². The predicted octanol–water partition coefficient (Wildman–Crippen LogP) is 6.06. The minimum atomic E-state index is -1.15. The van der Waals surface area contributed by atoms with E-state index in [1.807, 2.05) is 61.5 Å². The fourth-order valence-corrected chi connectivity index (χ4v) is 4.88. The summed E-state index contributed by atoms with van der Waals surface area (Å²) >= 11 is 0. The van der Waals surface area contributed by atoms with Crippen molar-refractivity contribution in [1.82, 2.24) is 0 Å². The van der Waals surface area contributed by atoms with E-state index in [0.717, 1.165) is 44.5 Å². The number of nitriles is 1. The van der Waals surface area contributed by atoms with E-state index in [2.05, 4.69) is 24.2 Å². The fourth-order valence-electron chi connectivity index (χ4n) is 4.88. The average Bonchev–Trinajstić information content (AvgIpc) is 3.36. The van der Waals surface area contributed by atoms with Crippen molar-refractivity contribution in [2.75, 3.05) is 0 Å². The Kier molecular flexibility index (Phi) is 6.28. The summed E-state index contributed by atoms with van der Waals surface area (Å²) in [6.45, 7) is 12.0. The smallest absolute Gasteiger partial charge is 0.181 e. The number of ether oxygens (including phenoxy) is 1. The van der Waals surface area contributed by atoms with E-state index >= 15 is 0 Å². The highest BCUT2D eigenvalue weighted by Gasteiger charge is 2.37. The summed E-state index contributed by atoms with van der Waals surface area (Å²) in [7, 11) is 0. The second-order valence-corrected chi connectivity index (χ2v) is 9.70. The van der Waals surface area contributed by atoms with Crippen LogP contribution in [-0.2, 0) is 16.9 Å². The van der Waals surface area contributed by atoms with Gasteiger partial charge in [0.15, 0.2) is 5.78 Å². The number of fused-ring (bicyclic) bond motifs is 6. The Balaban J connectivity index is 1.87. The molecule has 2 aliphatic heterocycles. The number of benzene rings is 3. The molecule has 5 nitrogen and oxygen atoms in total. The van der Waals surface area contributed by atoms with Gasteiger partial charge in [-0.3, -0.25) is 9.79 Å². The molecule has 186 valence electrons. The van der Waals surface area contributed by atoms with Crippen LogP contribution in [-0.4, -0.2) is 12.0 Å². The number of aliphatic imine (C=N–C) groups is 1. The molecule has 5 heteroatoms.